The van der Waals surface area contributed by atoms with Gasteiger partial charge in [-0.25, -0.2) is 4.79 Å². The van der Waals surface area contributed by atoms with Gasteiger partial charge >= 0.3 is 6.03 Å². The molecule has 5 heteroatoms. The third kappa shape index (κ3) is 5.92. The van der Waals surface area contributed by atoms with Gasteiger partial charge in [0, 0.05) is 12.0 Å². The lowest BCUT2D eigenvalue weighted by molar-refractivity contribution is 0.0839. The number of amides is 2. The van der Waals surface area contributed by atoms with Gasteiger partial charge in [0.25, 0.3) is 0 Å². The van der Waals surface area contributed by atoms with Crippen LogP contribution in [-0.2, 0) is 11.3 Å². The van der Waals surface area contributed by atoms with Gasteiger partial charge < -0.3 is 15.8 Å². The zero-order valence-electron chi connectivity index (χ0n) is 12.8. The monoisotopic (exact) mass is 312 g/mol. The van der Waals surface area contributed by atoms with E-state index < -0.39 is 12.1 Å². The summed E-state index contributed by atoms with van der Waals surface area (Å²) in [5, 5.41) is 2.56. The molecule has 2 aromatic carbocycles. The lowest BCUT2D eigenvalue weighted by atomic mass is 10.0. The fraction of sp³-hybridized carbons (Fsp3) is 0.222. The number of Topliss-reactive ketones (excluding diaryl/α,β-unsaturated/α-hetero) is 1. The number of hydrogen-bond acceptors (Lipinski definition) is 3. The van der Waals surface area contributed by atoms with Crippen LogP contribution in [0.5, 0.6) is 0 Å². The summed E-state index contributed by atoms with van der Waals surface area (Å²) >= 11 is 0. The molecular weight excluding hydrogens is 292 g/mol. The molecule has 0 fully saturated rings. The Hall–Kier alpha value is -2.66. The van der Waals surface area contributed by atoms with Crippen LogP contribution in [0, 0.1) is 0 Å². The van der Waals surface area contributed by atoms with Crippen molar-refractivity contribution >= 4 is 11.8 Å². The molecule has 0 heterocycles. The Labute approximate surface area is 135 Å². The Balaban J connectivity index is 1.89. The van der Waals surface area contributed by atoms with Crippen molar-refractivity contribution in [1.29, 1.82) is 0 Å². The minimum absolute atomic E-state index is 0.0624. The van der Waals surface area contributed by atoms with Crippen molar-refractivity contribution in [2.45, 2.75) is 19.1 Å². The molecule has 0 saturated heterocycles. The van der Waals surface area contributed by atoms with E-state index in [9.17, 15) is 9.59 Å². The van der Waals surface area contributed by atoms with Crippen LogP contribution in [0.1, 0.15) is 22.3 Å². The maximum Gasteiger partial charge on any atom is 0.312 e. The van der Waals surface area contributed by atoms with Crippen LogP contribution in [0.4, 0.5) is 4.79 Å². The van der Waals surface area contributed by atoms with E-state index in [1.807, 2.05) is 36.4 Å². The number of primary amides is 1. The number of benzene rings is 2. The fourth-order valence-electron chi connectivity index (χ4n) is 2.21. The maximum absolute atomic E-state index is 12.2. The second-order valence-electron chi connectivity index (χ2n) is 5.20. The van der Waals surface area contributed by atoms with Crippen LogP contribution < -0.4 is 11.1 Å². The van der Waals surface area contributed by atoms with Gasteiger partial charge in [-0.05, 0) is 5.56 Å². The van der Waals surface area contributed by atoms with Crippen molar-refractivity contribution in [3.05, 3.63) is 71.8 Å². The van der Waals surface area contributed by atoms with Gasteiger partial charge in [0.05, 0.1) is 19.3 Å². The van der Waals surface area contributed by atoms with Gasteiger partial charge in [0.1, 0.15) is 0 Å². The standard InChI is InChI=1S/C18H20N2O3/c19-18(22)20-16(11-17(21)15-9-5-2-6-10-15)13-23-12-14-7-3-1-4-8-14/h1-10,16H,11-13H2,(H3,19,20,22). The first kappa shape index (κ1) is 16.7. The molecule has 0 aromatic heterocycles. The molecule has 23 heavy (non-hydrogen) atoms. The van der Waals surface area contributed by atoms with E-state index in [0.29, 0.717) is 12.2 Å². The van der Waals surface area contributed by atoms with Gasteiger partial charge in [-0.15, -0.1) is 0 Å². The molecule has 2 rings (SSSR count). The van der Waals surface area contributed by atoms with Gasteiger partial charge in [0.15, 0.2) is 5.78 Å². The summed E-state index contributed by atoms with van der Waals surface area (Å²) in [7, 11) is 0. The number of urea groups is 1. The number of carbonyl (C=O) groups excluding carboxylic acids is 2. The van der Waals surface area contributed by atoms with Crippen molar-refractivity contribution < 1.29 is 14.3 Å². The average molecular weight is 312 g/mol. The van der Waals surface area contributed by atoms with Gasteiger partial charge in [-0.3, -0.25) is 4.79 Å². The zero-order valence-corrected chi connectivity index (χ0v) is 12.8. The number of carbonyl (C=O) groups is 2. The molecule has 2 aromatic rings. The van der Waals surface area contributed by atoms with E-state index in [2.05, 4.69) is 5.32 Å². The summed E-state index contributed by atoms with van der Waals surface area (Å²) in [4.78, 5) is 23.3. The molecule has 0 saturated carbocycles. The minimum Gasteiger partial charge on any atom is -0.375 e. The van der Waals surface area contributed by atoms with Crippen LogP contribution in [-0.4, -0.2) is 24.5 Å². The number of rotatable bonds is 8. The topological polar surface area (TPSA) is 81.4 Å². The van der Waals surface area contributed by atoms with Crippen LogP contribution in [0.2, 0.25) is 0 Å². The highest BCUT2D eigenvalue weighted by molar-refractivity contribution is 5.96. The molecule has 0 aliphatic heterocycles. The lowest BCUT2D eigenvalue weighted by Crippen LogP contribution is -2.42. The first-order valence-corrected chi connectivity index (χ1v) is 7.41. The summed E-state index contributed by atoms with van der Waals surface area (Å²) in [5.41, 5.74) is 6.80. The Morgan fingerprint density at radius 2 is 1.61 bits per heavy atom. The summed E-state index contributed by atoms with van der Waals surface area (Å²) in [6.45, 7) is 0.633. The number of ether oxygens (including phenoxy) is 1. The van der Waals surface area contributed by atoms with Crippen LogP contribution in [0.3, 0.4) is 0 Å². The first-order chi connectivity index (χ1) is 11.1. The van der Waals surface area contributed by atoms with Crippen molar-refractivity contribution in [3.63, 3.8) is 0 Å². The second-order valence-corrected chi connectivity index (χ2v) is 5.20. The highest BCUT2D eigenvalue weighted by atomic mass is 16.5. The minimum atomic E-state index is -0.667. The van der Waals surface area contributed by atoms with Crippen molar-refractivity contribution in [2.24, 2.45) is 5.73 Å². The predicted molar refractivity (Wildman–Crippen MR) is 88.0 cm³/mol. The molecule has 3 N–H and O–H groups in total. The molecule has 0 aliphatic carbocycles. The normalized spacial score (nSPS) is 11.7. The van der Waals surface area contributed by atoms with Gasteiger partial charge in [-0.1, -0.05) is 60.7 Å². The largest absolute Gasteiger partial charge is 0.375 e. The van der Waals surface area contributed by atoms with Gasteiger partial charge in [-0.2, -0.15) is 0 Å². The highest BCUT2D eigenvalue weighted by Crippen LogP contribution is 2.07. The Kier molecular flexibility index (Phi) is 6.32. The number of nitrogens with one attached hydrogen (secondary N) is 1. The quantitative estimate of drug-likeness (QED) is 0.735. The van der Waals surface area contributed by atoms with Crippen LogP contribution in [0.15, 0.2) is 60.7 Å². The van der Waals surface area contributed by atoms with Crippen LogP contribution >= 0.6 is 0 Å². The molecule has 0 bridgehead atoms. The average Bonchev–Trinajstić information content (AvgIpc) is 2.56. The molecule has 120 valence electrons. The smallest absolute Gasteiger partial charge is 0.312 e. The Morgan fingerprint density at radius 3 is 2.22 bits per heavy atom. The maximum atomic E-state index is 12.2. The van der Waals surface area contributed by atoms with Crippen molar-refractivity contribution in [3.8, 4) is 0 Å². The zero-order chi connectivity index (χ0) is 16.5. The molecular formula is C18H20N2O3. The fourth-order valence-corrected chi connectivity index (χ4v) is 2.21. The number of nitrogens with two attached hydrogens (primary N) is 1. The van der Waals surface area contributed by atoms with Crippen molar-refractivity contribution in [1.82, 2.24) is 5.32 Å². The summed E-state index contributed by atoms with van der Waals surface area (Å²) in [5.74, 6) is -0.0624. The van der Waals surface area contributed by atoms with E-state index in [4.69, 9.17) is 10.5 Å². The summed E-state index contributed by atoms with van der Waals surface area (Å²) in [6, 6.07) is 17.5. The van der Waals surface area contributed by atoms with E-state index in [1.165, 1.54) is 0 Å². The van der Waals surface area contributed by atoms with E-state index in [0.717, 1.165) is 5.56 Å². The highest BCUT2D eigenvalue weighted by Gasteiger charge is 2.16. The number of hydrogen-bond donors (Lipinski definition) is 2. The molecule has 1 unspecified atom stereocenters. The Bertz CT molecular complexity index is 629. The lowest BCUT2D eigenvalue weighted by Gasteiger charge is -2.17. The van der Waals surface area contributed by atoms with E-state index in [-0.39, 0.29) is 18.8 Å². The second kappa shape index (κ2) is 8.70. The molecule has 0 radical (unpaired) electrons. The van der Waals surface area contributed by atoms with Gasteiger partial charge in [0.2, 0.25) is 0 Å². The Morgan fingerprint density at radius 1 is 1.00 bits per heavy atom. The third-order valence-electron chi connectivity index (χ3n) is 3.30. The third-order valence-corrected chi connectivity index (χ3v) is 3.30. The molecule has 0 spiro atoms. The summed E-state index contributed by atoms with van der Waals surface area (Å²) in [6.07, 6.45) is 0.141. The SMILES string of the molecule is NC(=O)NC(COCc1ccccc1)CC(=O)c1ccccc1. The van der Waals surface area contributed by atoms with E-state index >= 15 is 0 Å². The number of ketones is 1. The first-order valence-electron chi connectivity index (χ1n) is 7.41. The summed E-state index contributed by atoms with van der Waals surface area (Å²) < 4.78 is 5.60. The molecule has 1 atom stereocenters. The van der Waals surface area contributed by atoms with Crippen LogP contribution in [0.25, 0.3) is 0 Å². The predicted octanol–water partition coefficient (Wildman–Crippen LogP) is 2.51. The molecule has 5 nitrogen and oxygen atoms in total. The molecule has 0 aliphatic rings. The van der Waals surface area contributed by atoms with E-state index in [1.54, 1.807) is 24.3 Å². The van der Waals surface area contributed by atoms with Crippen molar-refractivity contribution in [2.75, 3.05) is 6.61 Å². The molecule has 2 amide bonds.